The van der Waals surface area contributed by atoms with Crippen molar-refractivity contribution < 1.29 is 0 Å². The van der Waals surface area contributed by atoms with Crippen LogP contribution in [-0.2, 0) is 6.54 Å². The number of aromatic nitrogens is 3. The number of benzene rings is 3. The minimum atomic E-state index is 0.503. The average molecular weight is 423 g/mol. The number of imidazole rings is 1. The Bertz CT molecular complexity index is 1480. The number of nitriles is 1. The molecule has 1 N–H and O–H groups in total. The molecule has 150 valence electrons. The minimum Gasteiger partial charge on any atom is -0.342 e. The molecule has 0 aliphatic rings. The van der Waals surface area contributed by atoms with Gasteiger partial charge in [0.05, 0.1) is 16.6 Å². The van der Waals surface area contributed by atoms with Gasteiger partial charge in [-0.15, -0.1) is 0 Å². The third kappa shape index (κ3) is 3.72. The third-order valence-electron chi connectivity index (χ3n) is 5.40. The number of fused-ring (bicyclic) bond motifs is 2. The molecule has 2 aromatic heterocycles. The number of nitrogens with one attached hydrogen (secondary N) is 1. The summed E-state index contributed by atoms with van der Waals surface area (Å²) in [7, 11) is 0. The molecule has 0 spiro atoms. The second kappa shape index (κ2) is 7.79. The van der Waals surface area contributed by atoms with Crippen molar-refractivity contribution in [3.8, 4) is 6.07 Å². The number of hydrogen-bond donors (Lipinski definition) is 1. The number of aryl methyl sites for hydroxylation is 1. The molecule has 31 heavy (non-hydrogen) atoms. The first-order valence-corrected chi connectivity index (χ1v) is 10.4. The topological polar surface area (TPSA) is 57.4 Å². The first-order chi connectivity index (χ1) is 15.1. The molecular formula is C26H19ClN4. The van der Waals surface area contributed by atoms with Crippen LogP contribution in [0.25, 0.3) is 33.6 Å². The number of aromatic amines is 1. The monoisotopic (exact) mass is 422 g/mol. The number of nitrogens with zero attached hydrogens (tertiary/aromatic N) is 3. The van der Waals surface area contributed by atoms with Gasteiger partial charge in [0.2, 0.25) is 0 Å². The number of halogens is 1. The van der Waals surface area contributed by atoms with Crippen molar-refractivity contribution in [1.29, 1.82) is 5.26 Å². The third-order valence-corrected chi connectivity index (χ3v) is 5.65. The highest BCUT2D eigenvalue weighted by atomic mass is 35.5. The lowest BCUT2D eigenvalue weighted by molar-refractivity contribution is 0.836. The van der Waals surface area contributed by atoms with Crippen LogP contribution in [0.1, 0.15) is 22.5 Å². The Morgan fingerprint density at radius 2 is 1.94 bits per heavy atom. The lowest BCUT2D eigenvalue weighted by atomic mass is 10.1. The van der Waals surface area contributed by atoms with E-state index in [-0.39, 0.29) is 0 Å². The summed E-state index contributed by atoms with van der Waals surface area (Å²) in [5.74, 6) is 0.581. The van der Waals surface area contributed by atoms with Crippen molar-refractivity contribution in [2.24, 2.45) is 0 Å². The lowest BCUT2D eigenvalue weighted by Gasteiger charge is -2.05. The van der Waals surface area contributed by atoms with Gasteiger partial charge in [-0.1, -0.05) is 48.0 Å². The molecule has 0 fully saturated rings. The maximum Gasteiger partial charge on any atom is 0.149 e. The Balaban J connectivity index is 1.59. The van der Waals surface area contributed by atoms with Gasteiger partial charge >= 0.3 is 0 Å². The van der Waals surface area contributed by atoms with Crippen LogP contribution >= 0.6 is 11.6 Å². The van der Waals surface area contributed by atoms with Crippen LogP contribution in [0.5, 0.6) is 0 Å². The first-order valence-electron chi connectivity index (χ1n) is 10.0. The normalized spacial score (nSPS) is 11.8. The van der Waals surface area contributed by atoms with E-state index in [0.29, 0.717) is 11.4 Å². The minimum absolute atomic E-state index is 0.503. The average Bonchev–Trinajstić information content (AvgIpc) is 3.35. The largest absolute Gasteiger partial charge is 0.342 e. The molecule has 0 atom stereocenters. The zero-order valence-electron chi connectivity index (χ0n) is 16.9. The Morgan fingerprint density at radius 1 is 1.13 bits per heavy atom. The highest BCUT2D eigenvalue weighted by Crippen LogP contribution is 2.27. The molecule has 0 unspecified atom stereocenters. The van der Waals surface area contributed by atoms with Gasteiger partial charge in [-0.25, -0.2) is 4.98 Å². The van der Waals surface area contributed by atoms with Gasteiger partial charge < -0.3 is 9.55 Å². The molecule has 0 saturated heterocycles. The van der Waals surface area contributed by atoms with Crippen LogP contribution < -0.4 is 0 Å². The SMILES string of the molecule is Cc1ccc2nc(C(C#N)=Cc3cn(Cc4ccc(Cl)cc4)c4ccccc34)[nH]c2c1. The van der Waals surface area contributed by atoms with Crippen LogP contribution in [0, 0.1) is 18.3 Å². The van der Waals surface area contributed by atoms with E-state index in [1.165, 1.54) is 0 Å². The summed E-state index contributed by atoms with van der Waals surface area (Å²) in [6.07, 6.45) is 3.99. The standard InChI is InChI=1S/C26H19ClN4/c1-17-6-11-23-24(12-17)30-26(29-23)19(14-28)13-20-16-31(25-5-3-2-4-22(20)25)15-18-7-9-21(27)10-8-18/h2-13,16H,15H2,1H3,(H,29,30). The zero-order chi connectivity index (χ0) is 21.4. The molecule has 2 heterocycles. The van der Waals surface area contributed by atoms with Gasteiger partial charge in [0.1, 0.15) is 11.9 Å². The van der Waals surface area contributed by atoms with Crippen molar-refractivity contribution in [1.82, 2.24) is 14.5 Å². The molecule has 0 aliphatic heterocycles. The number of para-hydroxylation sites is 1. The number of H-pyrrole nitrogens is 1. The van der Waals surface area contributed by atoms with Gasteiger partial charge in [-0.05, 0) is 54.5 Å². The quantitative estimate of drug-likeness (QED) is 0.332. The van der Waals surface area contributed by atoms with E-state index in [9.17, 15) is 5.26 Å². The van der Waals surface area contributed by atoms with E-state index < -0.39 is 0 Å². The fourth-order valence-corrected chi connectivity index (χ4v) is 3.99. The molecule has 0 radical (unpaired) electrons. The molecular weight excluding hydrogens is 404 g/mol. The van der Waals surface area contributed by atoms with Crippen molar-refractivity contribution >= 4 is 45.2 Å². The summed E-state index contributed by atoms with van der Waals surface area (Å²) in [5, 5.41) is 11.7. The van der Waals surface area contributed by atoms with E-state index in [0.717, 1.165) is 50.2 Å². The molecule has 5 aromatic rings. The Labute approximate surface area is 185 Å². The van der Waals surface area contributed by atoms with Crippen LogP contribution in [0.4, 0.5) is 0 Å². The van der Waals surface area contributed by atoms with Crippen molar-refractivity contribution in [2.75, 3.05) is 0 Å². The summed E-state index contributed by atoms with van der Waals surface area (Å²) >= 11 is 6.03. The van der Waals surface area contributed by atoms with E-state index in [2.05, 4.69) is 38.9 Å². The van der Waals surface area contributed by atoms with Crippen molar-refractivity contribution in [3.05, 3.63) is 100 Å². The van der Waals surface area contributed by atoms with Crippen LogP contribution in [0.3, 0.4) is 0 Å². The Kier molecular flexibility index (Phi) is 4.82. The van der Waals surface area contributed by atoms with Crippen LogP contribution in [-0.4, -0.2) is 14.5 Å². The maximum absolute atomic E-state index is 9.86. The molecule has 5 rings (SSSR count). The van der Waals surface area contributed by atoms with E-state index in [1.54, 1.807) is 0 Å². The lowest BCUT2D eigenvalue weighted by Crippen LogP contribution is -1.97. The fourth-order valence-electron chi connectivity index (χ4n) is 3.87. The molecule has 0 saturated carbocycles. The molecule has 0 aliphatic carbocycles. The summed E-state index contributed by atoms with van der Waals surface area (Å²) in [4.78, 5) is 7.90. The van der Waals surface area contributed by atoms with Gasteiger partial charge in [-0.2, -0.15) is 5.26 Å². The van der Waals surface area contributed by atoms with Crippen molar-refractivity contribution in [3.63, 3.8) is 0 Å². The van der Waals surface area contributed by atoms with Crippen LogP contribution in [0.2, 0.25) is 5.02 Å². The molecule has 4 nitrogen and oxygen atoms in total. The molecule has 0 bridgehead atoms. The number of allylic oxidation sites excluding steroid dienone is 1. The predicted octanol–water partition coefficient (Wildman–Crippen LogP) is 6.59. The van der Waals surface area contributed by atoms with Gasteiger partial charge in [-0.3, -0.25) is 0 Å². The van der Waals surface area contributed by atoms with Crippen molar-refractivity contribution in [2.45, 2.75) is 13.5 Å². The van der Waals surface area contributed by atoms with E-state index in [1.807, 2.05) is 67.6 Å². The molecule has 5 heteroatoms. The number of rotatable bonds is 4. The summed E-state index contributed by atoms with van der Waals surface area (Å²) < 4.78 is 2.20. The van der Waals surface area contributed by atoms with Gasteiger partial charge in [0.25, 0.3) is 0 Å². The van der Waals surface area contributed by atoms with E-state index in [4.69, 9.17) is 11.6 Å². The van der Waals surface area contributed by atoms with Crippen LogP contribution in [0.15, 0.2) is 72.9 Å². The summed E-state index contributed by atoms with van der Waals surface area (Å²) in [6.45, 7) is 2.76. The maximum atomic E-state index is 9.86. The Hall–Kier alpha value is -3.81. The summed E-state index contributed by atoms with van der Waals surface area (Å²) in [6, 6.07) is 24.4. The fraction of sp³-hybridized carbons (Fsp3) is 0.0769. The Morgan fingerprint density at radius 3 is 2.74 bits per heavy atom. The number of hydrogen-bond acceptors (Lipinski definition) is 2. The van der Waals surface area contributed by atoms with Gasteiger partial charge in [0.15, 0.2) is 0 Å². The second-order valence-electron chi connectivity index (χ2n) is 7.63. The van der Waals surface area contributed by atoms with E-state index >= 15 is 0 Å². The second-order valence-corrected chi connectivity index (χ2v) is 8.07. The smallest absolute Gasteiger partial charge is 0.149 e. The summed E-state index contributed by atoms with van der Waals surface area (Å²) in [5.41, 5.74) is 6.69. The zero-order valence-corrected chi connectivity index (χ0v) is 17.7. The van der Waals surface area contributed by atoms with Gasteiger partial charge in [0, 0.05) is 34.2 Å². The predicted molar refractivity (Wildman–Crippen MR) is 127 cm³/mol. The highest BCUT2D eigenvalue weighted by molar-refractivity contribution is 6.30. The molecule has 3 aromatic carbocycles. The highest BCUT2D eigenvalue weighted by Gasteiger charge is 2.12. The first kappa shape index (κ1) is 19.2. The molecule has 0 amide bonds.